The Labute approximate surface area is 173 Å². The number of rotatable bonds is 5. The average Bonchev–Trinajstić information content (AvgIpc) is 3.29. The summed E-state index contributed by atoms with van der Waals surface area (Å²) in [6.45, 7) is 3.95. The third kappa shape index (κ3) is 4.38. The zero-order valence-electron chi connectivity index (χ0n) is 16.2. The molecule has 0 aliphatic heterocycles. The molecule has 0 saturated heterocycles. The summed E-state index contributed by atoms with van der Waals surface area (Å²) in [5, 5.41) is 5.83. The molecule has 1 atom stereocenters. The Balaban J connectivity index is 1.70. The second-order valence-electron chi connectivity index (χ2n) is 6.83. The molecular weight excluding hydrogens is 380 g/mol. The highest BCUT2D eigenvalue weighted by Crippen LogP contribution is 2.30. The van der Waals surface area contributed by atoms with Gasteiger partial charge in [-0.2, -0.15) is 0 Å². The molecule has 0 aliphatic carbocycles. The van der Waals surface area contributed by atoms with Gasteiger partial charge >= 0.3 is 0 Å². The fraction of sp³-hybridized carbons (Fsp3) is 0.130. The molecule has 0 bridgehead atoms. The van der Waals surface area contributed by atoms with E-state index in [0.29, 0.717) is 5.56 Å². The van der Waals surface area contributed by atoms with Crippen LogP contribution in [0.5, 0.6) is 0 Å². The Bertz CT molecular complexity index is 1110. The predicted molar refractivity (Wildman–Crippen MR) is 116 cm³/mol. The maximum absolute atomic E-state index is 13.0. The Hall–Kier alpha value is -3.38. The first-order valence-electron chi connectivity index (χ1n) is 9.29. The van der Waals surface area contributed by atoms with Crippen molar-refractivity contribution in [3.8, 4) is 21.7 Å². The van der Waals surface area contributed by atoms with Crippen molar-refractivity contribution in [1.82, 2.24) is 20.3 Å². The summed E-state index contributed by atoms with van der Waals surface area (Å²) in [6, 6.07) is 13.9. The number of hydrogen-bond acceptors (Lipinski definition) is 5. The fourth-order valence-corrected chi connectivity index (χ4v) is 3.68. The molecule has 0 spiro atoms. The van der Waals surface area contributed by atoms with Crippen LogP contribution in [-0.2, 0) is 0 Å². The highest BCUT2D eigenvalue weighted by Gasteiger charge is 2.16. The number of aromatic nitrogens is 3. The fourth-order valence-electron chi connectivity index (χ4n) is 3.05. The lowest BCUT2D eigenvalue weighted by atomic mass is 9.98. The molecule has 1 N–H and O–H groups in total. The van der Waals surface area contributed by atoms with Gasteiger partial charge in [-0.05, 0) is 43.2 Å². The standard InChI is InChI=1S/C23H20N4OS/c1-15-3-5-17(6-4-15)18-11-19(13-20(12-18)23-26-9-10-29-23)22(28)27-16(2)21-14-24-7-8-25-21/h3-14,16H,1-2H3,(H,27,28). The summed E-state index contributed by atoms with van der Waals surface area (Å²) >= 11 is 1.55. The van der Waals surface area contributed by atoms with Gasteiger partial charge < -0.3 is 5.32 Å². The van der Waals surface area contributed by atoms with Crippen LogP contribution in [0.2, 0.25) is 0 Å². The number of aryl methyl sites for hydroxylation is 1. The number of amides is 1. The van der Waals surface area contributed by atoms with Gasteiger partial charge in [0.2, 0.25) is 0 Å². The molecule has 2 aromatic heterocycles. The van der Waals surface area contributed by atoms with Gasteiger partial charge in [0.05, 0.1) is 17.9 Å². The predicted octanol–water partition coefficient (Wildman–Crippen LogP) is 5.07. The second-order valence-corrected chi connectivity index (χ2v) is 7.72. The van der Waals surface area contributed by atoms with E-state index in [9.17, 15) is 4.79 Å². The van der Waals surface area contributed by atoms with E-state index < -0.39 is 0 Å². The number of thiazole rings is 1. The first kappa shape index (κ1) is 19.0. The van der Waals surface area contributed by atoms with E-state index >= 15 is 0 Å². The third-order valence-corrected chi connectivity index (χ3v) is 5.46. The third-order valence-electron chi connectivity index (χ3n) is 4.63. The lowest BCUT2D eigenvalue weighted by molar-refractivity contribution is 0.0939. The molecule has 29 heavy (non-hydrogen) atoms. The van der Waals surface area contributed by atoms with Gasteiger partial charge in [-0.3, -0.25) is 14.8 Å². The molecule has 4 aromatic rings. The zero-order chi connectivity index (χ0) is 20.2. The van der Waals surface area contributed by atoms with E-state index in [-0.39, 0.29) is 11.9 Å². The largest absolute Gasteiger partial charge is 0.344 e. The summed E-state index contributed by atoms with van der Waals surface area (Å²) < 4.78 is 0. The molecule has 1 unspecified atom stereocenters. The molecule has 4 rings (SSSR count). The average molecular weight is 401 g/mol. The number of carbonyl (C=O) groups is 1. The summed E-state index contributed by atoms with van der Waals surface area (Å²) in [4.78, 5) is 25.8. The van der Waals surface area contributed by atoms with Crippen LogP contribution in [0, 0.1) is 6.92 Å². The Morgan fingerprint density at radius 1 is 0.966 bits per heavy atom. The highest BCUT2D eigenvalue weighted by molar-refractivity contribution is 7.13. The SMILES string of the molecule is Cc1ccc(-c2cc(C(=O)NC(C)c3cnccn3)cc(-c3nccs3)c2)cc1. The van der Waals surface area contributed by atoms with Gasteiger partial charge in [0.1, 0.15) is 5.01 Å². The molecule has 2 aromatic carbocycles. The Kier molecular flexibility index (Phi) is 5.44. The monoisotopic (exact) mass is 400 g/mol. The van der Waals surface area contributed by atoms with Crippen molar-refractivity contribution in [3.63, 3.8) is 0 Å². The maximum Gasteiger partial charge on any atom is 0.251 e. The van der Waals surface area contributed by atoms with Gasteiger partial charge in [0.15, 0.2) is 0 Å². The van der Waals surface area contributed by atoms with E-state index in [0.717, 1.165) is 27.4 Å². The minimum atomic E-state index is -0.248. The number of nitrogens with zero attached hydrogens (tertiary/aromatic N) is 3. The molecule has 0 fully saturated rings. The van der Waals surface area contributed by atoms with Gasteiger partial charge in [-0.1, -0.05) is 29.8 Å². The molecule has 6 heteroatoms. The molecule has 2 heterocycles. The number of nitrogens with one attached hydrogen (secondary N) is 1. The maximum atomic E-state index is 13.0. The molecule has 0 saturated carbocycles. The van der Waals surface area contributed by atoms with Crippen LogP contribution in [-0.4, -0.2) is 20.9 Å². The molecule has 144 valence electrons. The summed E-state index contributed by atoms with van der Waals surface area (Å²) in [5.74, 6) is -0.157. The van der Waals surface area contributed by atoms with Crippen molar-refractivity contribution < 1.29 is 4.79 Å². The zero-order valence-corrected chi connectivity index (χ0v) is 17.0. The summed E-state index contributed by atoms with van der Waals surface area (Å²) in [5.41, 5.74) is 5.47. The lowest BCUT2D eigenvalue weighted by Gasteiger charge is -2.14. The Morgan fingerprint density at radius 2 is 1.76 bits per heavy atom. The molecule has 5 nitrogen and oxygen atoms in total. The van der Waals surface area contributed by atoms with E-state index in [2.05, 4.69) is 57.5 Å². The van der Waals surface area contributed by atoms with Crippen LogP contribution < -0.4 is 5.32 Å². The smallest absolute Gasteiger partial charge is 0.251 e. The first-order valence-corrected chi connectivity index (χ1v) is 10.2. The van der Waals surface area contributed by atoms with Crippen molar-refractivity contribution in [2.24, 2.45) is 0 Å². The van der Waals surface area contributed by atoms with Crippen molar-refractivity contribution in [2.75, 3.05) is 0 Å². The van der Waals surface area contributed by atoms with Gasteiger partial charge in [0, 0.05) is 35.1 Å². The normalized spacial score (nSPS) is 11.8. The van der Waals surface area contributed by atoms with Crippen LogP contribution in [0.15, 0.2) is 72.6 Å². The van der Waals surface area contributed by atoms with Crippen LogP contribution in [0.3, 0.4) is 0 Å². The van der Waals surface area contributed by atoms with Gasteiger partial charge in [0.25, 0.3) is 5.91 Å². The minimum Gasteiger partial charge on any atom is -0.344 e. The second kappa shape index (κ2) is 8.32. The topological polar surface area (TPSA) is 67.8 Å². The van der Waals surface area contributed by atoms with Crippen LogP contribution in [0.25, 0.3) is 21.7 Å². The van der Waals surface area contributed by atoms with E-state index in [1.165, 1.54) is 5.56 Å². The quantitative estimate of drug-likeness (QED) is 0.508. The summed E-state index contributed by atoms with van der Waals surface area (Å²) in [7, 11) is 0. The van der Waals surface area contributed by atoms with Crippen LogP contribution >= 0.6 is 11.3 Å². The van der Waals surface area contributed by atoms with Crippen LogP contribution in [0.4, 0.5) is 0 Å². The Morgan fingerprint density at radius 3 is 2.45 bits per heavy atom. The van der Waals surface area contributed by atoms with E-state index in [4.69, 9.17) is 0 Å². The number of benzene rings is 2. The molecular formula is C23H20N4OS. The number of carbonyl (C=O) groups excluding carboxylic acids is 1. The van der Waals surface area contributed by atoms with Crippen LogP contribution in [0.1, 0.15) is 34.6 Å². The van der Waals surface area contributed by atoms with Crippen molar-refractivity contribution in [2.45, 2.75) is 19.9 Å². The molecule has 0 radical (unpaired) electrons. The number of hydrogen-bond donors (Lipinski definition) is 1. The van der Waals surface area contributed by atoms with Gasteiger partial charge in [-0.15, -0.1) is 11.3 Å². The minimum absolute atomic E-state index is 0.157. The van der Waals surface area contributed by atoms with E-state index in [1.807, 2.05) is 24.4 Å². The van der Waals surface area contributed by atoms with Crippen molar-refractivity contribution in [3.05, 3.63) is 89.5 Å². The van der Waals surface area contributed by atoms with Gasteiger partial charge in [-0.25, -0.2) is 4.98 Å². The molecule has 1 amide bonds. The van der Waals surface area contributed by atoms with Crippen molar-refractivity contribution >= 4 is 17.2 Å². The molecule has 0 aliphatic rings. The first-order chi connectivity index (χ1) is 14.1. The lowest BCUT2D eigenvalue weighted by Crippen LogP contribution is -2.27. The highest BCUT2D eigenvalue weighted by atomic mass is 32.1. The summed E-state index contributed by atoms with van der Waals surface area (Å²) in [6.07, 6.45) is 6.67. The van der Waals surface area contributed by atoms with E-state index in [1.54, 1.807) is 36.1 Å². The van der Waals surface area contributed by atoms with Crippen molar-refractivity contribution in [1.29, 1.82) is 0 Å².